The lowest BCUT2D eigenvalue weighted by Crippen LogP contribution is -2.36. The minimum atomic E-state index is 0.382. The summed E-state index contributed by atoms with van der Waals surface area (Å²) in [5.41, 5.74) is 2.54. The molecule has 0 saturated heterocycles. The zero-order valence-corrected chi connectivity index (χ0v) is 11.3. The van der Waals surface area contributed by atoms with Gasteiger partial charge >= 0.3 is 0 Å². The van der Waals surface area contributed by atoms with Gasteiger partial charge in [-0.15, -0.1) is 0 Å². The fraction of sp³-hybridized carbons (Fsp3) is 0.600. The maximum absolute atomic E-state index is 5.49. The van der Waals surface area contributed by atoms with Crippen molar-refractivity contribution < 1.29 is 9.47 Å². The standard InChI is InChI=1S/C15H23NO2/c1-17-11-13-6-3-5-12(9-13)10-16-14-7-4-8-15(14)18-2/h3,5-6,9,14-16H,4,7-8,10-11H2,1-2H3. The second-order valence-corrected chi connectivity index (χ2v) is 4.95. The van der Waals surface area contributed by atoms with Gasteiger partial charge in [-0.2, -0.15) is 0 Å². The normalized spacial score (nSPS) is 23.4. The first-order valence-electron chi connectivity index (χ1n) is 6.66. The quantitative estimate of drug-likeness (QED) is 0.840. The molecule has 1 saturated carbocycles. The van der Waals surface area contributed by atoms with Crippen LogP contribution in [0.2, 0.25) is 0 Å². The van der Waals surface area contributed by atoms with Gasteiger partial charge in [-0.05, 0) is 30.4 Å². The molecule has 2 rings (SSSR count). The van der Waals surface area contributed by atoms with Crippen LogP contribution in [-0.2, 0) is 22.6 Å². The Hall–Kier alpha value is -0.900. The van der Waals surface area contributed by atoms with Gasteiger partial charge in [0, 0.05) is 26.8 Å². The van der Waals surface area contributed by atoms with E-state index in [1.807, 2.05) is 7.11 Å². The van der Waals surface area contributed by atoms with E-state index >= 15 is 0 Å². The first-order valence-corrected chi connectivity index (χ1v) is 6.66. The zero-order chi connectivity index (χ0) is 12.8. The van der Waals surface area contributed by atoms with Crippen molar-refractivity contribution in [2.24, 2.45) is 0 Å². The van der Waals surface area contributed by atoms with Gasteiger partial charge in [-0.1, -0.05) is 24.3 Å². The molecule has 1 aliphatic carbocycles. The third-order valence-corrected chi connectivity index (χ3v) is 3.63. The molecule has 3 nitrogen and oxygen atoms in total. The molecule has 2 atom stereocenters. The number of hydrogen-bond acceptors (Lipinski definition) is 3. The average molecular weight is 249 g/mol. The number of rotatable bonds is 6. The highest BCUT2D eigenvalue weighted by atomic mass is 16.5. The molecular weight excluding hydrogens is 226 g/mol. The summed E-state index contributed by atoms with van der Waals surface area (Å²) in [6.45, 7) is 1.58. The van der Waals surface area contributed by atoms with E-state index < -0.39 is 0 Å². The van der Waals surface area contributed by atoms with Crippen LogP contribution in [-0.4, -0.2) is 26.4 Å². The molecule has 1 fully saturated rings. The summed E-state index contributed by atoms with van der Waals surface area (Å²) in [5, 5.41) is 3.60. The minimum absolute atomic E-state index is 0.382. The second-order valence-electron chi connectivity index (χ2n) is 4.95. The second kappa shape index (κ2) is 6.88. The van der Waals surface area contributed by atoms with Crippen molar-refractivity contribution in [2.75, 3.05) is 14.2 Å². The van der Waals surface area contributed by atoms with Gasteiger partial charge in [0.1, 0.15) is 0 Å². The Bertz CT molecular complexity index is 367. The van der Waals surface area contributed by atoms with Crippen LogP contribution in [0.4, 0.5) is 0 Å². The Balaban J connectivity index is 1.87. The highest BCUT2D eigenvalue weighted by Crippen LogP contribution is 2.21. The van der Waals surface area contributed by atoms with Crippen molar-refractivity contribution in [3.63, 3.8) is 0 Å². The molecule has 1 aromatic rings. The van der Waals surface area contributed by atoms with Gasteiger partial charge in [-0.3, -0.25) is 0 Å². The summed E-state index contributed by atoms with van der Waals surface area (Å²) >= 11 is 0. The Labute approximate surface area is 109 Å². The van der Waals surface area contributed by atoms with E-state index in [0.717, 1.165) is 6.54 Å². The largest absolute Gasteiger partial charge is 0.380 e. The highest BCUT2D eigenvalue weighted by molar-refractivity contribution is 5.23. The lowest BCUT2D eigenvalue weighted by atomic mass is 10.1. The van der Waals surface area contributed by atoms with Gasteiger partial charge in [0.25, 0.3) is 0 Å². The average Bonchev–Trinajstić information content (AvgIpc) is 2.84. The highest BCUT2D eigenvalue weighted by Gasteiger charge is 2.26. The molecule has 3 heteroatoms. The number of hydrogen-bond donors (Lipinski definition) is 1. The molecule has 2 unspecified atom stereocenters. The lowest BCUT2D eigenvalue weighted by Gasteiger charge is -2.19. The van der Waals surface area contributed by atoms with Crippen molar-refractivity contribution in [3.8, 4) is 0 Å². The van der Waals surface area contributed by atoms with E-state index in [2.05, 4.69) is 29.6 Å². The van der Waals surface area contributed by atoms with Crippen molar-refractivity contribution in [1.29, 1.82) is 0 Å². The fourth-order valence-corrected chi connectivity index (χ4v) is 2.69. The predicted molar refractivity (Wildman–Crippen MR) is 72.4 cm³/mol. The molecule has 0 aromatic heterocycles. The van der Waals surface area contributed by atoms with Gasteiger partial charge in [0.2, 0.25) is 0 Å². The number of ether oxygens (including phenoxy) is 2. The molecule has 18 heavy (non-hydrogen) atoms. The van der Waals surface area contributed by atoms with Crippen molar-refractivity contribution in [3.05, 3.63) is 35.4 Å². The monoisotopic (exact) mass is 249 g/mol. The molecule has 0 spiro atoms. The van der Waals surface area contributed by atoms with Crippen LogP contribution in [0.3, 0.4) is 0 Å². The topological polar surface area (TPSA) is 30.5 Å². The molecule has 0 radical (unpaired) electrons. The number of nitrogens with one attached hydrogen (secondary N) is 1. The SMILES string of the molecule is COCc1cccc(CNC2CCCC2OC)c1. The van der Waals surface area contributed by atoms with Crippen LogP contribution in [0.15, 0.2) is 24.3 Å². The Morgan fingerprint density at radius 2 is 2.06 bits per heavy atom. The summed E-state index contributed by atoms with van der Waals surface area (Å²) < 4.78 is 10.6. The van der Waals surface area contributed by atoms with Crippen molar-refractivity contribution in [2.45, 2.75) is 44.6 Å². The zero-order valence-electron chi connectivity index (χ0n) is 11.3. The summed E-state index contributed by atoms with van der Waals surface area (Å²) in [4.78, 5) is 0. The Kier molecular flexibility index (Phi) is 5.17. The molecule has 0 bridgehead atoms. The first-order chi connectivity index (χ1) is 8.83. The van der Waals surface area contributed by atoms with Gasteiger partial charge in [0.05, 0.1) is 12.7 Å². The number of benzene rings is 1. The summed E-state index contributed by atoms with van der Waals surface area (Å²) in [6.07, 6.45) is 4.04. The fourth-order valence-electron chi connectivity index (χ4n) is 2.69. The third kappa shape index (κ3) is 3.55. The molecule has 1 aliphatic rings. The predicted octanol–water partition coefficient (Wildman–Crippen LogP) is 2.49. The maximum Gasteiger partial charge on any atom is 0.0724 e. The van der Waals surface area contributed by atoms with E-state index in [1.54, 1.807) is 7.11 Å². The van der Waals surface area contributed by atoms with E-state index in [0.29, 0.717) is 18.8 Å². The molecule has 0 aliphatic heterocycles. The smallest absolute Gasteiger partial charge is 0.0724 e. The molecule has 1 aromatic carbocycles. The minimum Gasteiger partial charge on any atom is -0.380 e. The molecule has 1 N–H and O–H groups in total. The van der Waals surface area contributed by atoms with Crippen LogP contribution < -0.4 is 5.32 Å². The van der Waals surface area contributed by atoms with E-state index in [1.165, 1.54) is 30.4 Å². The first kappa shape index (κ1) is 13.5. The third-order valence-electron chi connectivity index (χ3n) is 3.63. The van der Waals surface area contributed by atoms with Crippen LogP contribution in [0.25, 0.3) is 0 Å². The molecular formula is C15H23NO2. The van der Waals surface area contributed by atoms with E-state index in [9.17, 15) is 0 Å². The maximum atomic E-state index is 5.49. The summed E-state index contributed by atoms with van der Waals surface area (Å²) in [5.74, 6) is 0. The molecule has 100 valence electrons. The molecule has 0 amide bonds. The van der Waals surface area contributed by atoms with E-state index in [4.69, 9.17) is 9.47 Å². The van der Waals surface area contributed by atoms with Crippen molar-refractivity contribution >= 4 is 0 Å². The lowest BCUT2D eigenvalue weighted by molar-refractivity contribution is 0.0847. The summed E-state index contributed by atoms with van der Waals surface area (Å²) in [7, 11) is 3.54. The Morgan fingerprint density at radius 3 is 2.83 bits per heavy atom. The Morgan fingerprint density at radius 1 is 1.22 bits per heavy atom. The van der Waals surface area contributed by atoms with Crippen molar-refractivity contribution in [1.82, 2.24) is 5.32 Å². The van der Waals surface area contributed by atoms with E-state index in [-0.39, 0.29) is 0 Å². The van der Waals surface area contributed by atoms with Crippen LogP contribution in [0, 0.1) is 0 Å². The van der Waals surface area contributed by atoms with Crippen LogP contribution >= 0.6 is 0 Å². The van der Waals surface area contributed by atoms with Gasteiger partial charge < -0.3 is 14.8 Å². The molecule has 0 heterocycles. The summed E-state index contributed by atoms with van der Waals surface area (Å²) in [6, 6.07) is 9.05. The van der Waals surface area contributed by atoms with Crippen LogP contribution in [0.1, 0.15) is 30.4 Å². The number of methoxy groups -OCH3 is 2. The van der Waals surface area contributed by atoms with Crippen LogP contribution in [0.5, 0.6) is 0 Å². The van der Waals surface area contributed by atoms with Gasteiger partial charge in [0.15, 0.2) is 0 Å². The van der Waals surface area contributed by atoms with Gasteiger partial charge in [-0.25, -0.2) is 0 Å².